The molecule has 0 aliphatic carbocycles. The lowest BCUT2D eigenvalue weighted by molar-refractivity contribution is -0.272. The van der Waals surface area contributed by atoms with Gasteiger partial charge in [0.25, 0.3) is 0 Å². The van der Waals surface area contributed by atoms with Crippen LogP contribution in [0.15, 0.2) is 60.7 Å². The van der Waals surface area contributed by atoms with Gasteiger partial charge >= 0.3 is 0 Å². The highest BCUT2D eigenvalue weighted by Gasteiger charge is 2.41. The van der Waals surface area contributed by atoms with Gasteiger partial charge in [-0.05, 0) is 23.0 Å². The second-order valence-electron chi connectivity index (χ2n) is 7.05. The molecule has 1 N–H and O–H groups in total. The SMILES string of the molecule is C[C@H]1[C@H](C)[C@@H](COCc2ccccc2)O[C@H](O)[C@@H]1OCc1ccccc1. The number of hydrogen-bond acceptors (Lipinski definition) is 4. The zero-order valence-corrected chi connectivity index (χ0v) is 15.5. The third kappa shape index (κ3) is 4.92. The summed E-state index contributed by atoms with van der Waals surface area (Å²) in [7, 11) is 0. The molecule has 0 saturated carbocycles. The Bertz CT molecular complexity index is 644. The third-order valence-electron chi connectivity index (χ3n) is 5.21. The zero-order valence-electron chi connectivity index (χ0n) is 15.5. The molecule has 1 saturated heterocycles. The van der Waals surface area contributed by atoms with Crippen molar-refractivity contribution in [2.75, 3.05) is 6.61 Å². The van der Waals surface area contributed by atoms with Crippen molar-refractivity contribution in [1.29, 1.82) is 0 Å². The molecule has 0 spiro atoms. The molecule has 1 fully saturated rings. The molecular weight excluding hydrogens is 328 g/mol. The molecule has 1 aliphatic heterocycles. The van der Waals surface area contributed by atoms with Crippen molar-refractivity contribution in [2.24, 2.45) is 11.8 Å². The molecule has 0 amide bonds. The van der Waals surface area contributed by atoms with Crippen LogP contribution in [0.25, 0.3) is 0 Å². The average Bonchev–Trinajstić information content (AvgIpc) is 2.67. The molecule has 0 unspecified atom stereocenters. The molecule has 4 heteroatoms. The van der Waals surface area contributed by atoms with E-state index in [9.17, 15) is 5.11 Å². The monoisotopic (exact) mass is 356 g/mol. The first-order chi connectivity index (χ1) is 12.6. The van der Waals surface area contributed by atoms with E-state index in [-0.39, 0.29) is 24.0 Å². The summed E-state index contributed by atoms with van der Waals surface area (Å²) in [5.41, 5.74) is 2.22. The largest absolute Gasteiger partial charge is 0.374 e. The summed E-state index contributed by atoms with van der Waals surface area (Å²) in [5.74, 6) is 0.405. The van der Waals surface area contributed by atoms with Crippen LogP contribution in [0.4, 0.5) is 0 Å². The summed E-state index contributed by atoms with van der Waals surface area (Å²) in [6, 6.07) is 20.0. The number of ether oxygens (including phenoxy) is 3. The maximum atomic E-state index is 10.4. The Balaban J connectivity index is 1.49. The second-order valence-corrected chi connectivity index (χ2v) is 7.05. The molecule has 0 aromatic heterocycles. The first-order valence-corrected chi connectivity index (χ1v) is 9.26. The van der Waals surface area contributed by atoms with Crippen LogP contribution in [0.5, 0.6) is 0 Å². The fourth-order valence-corrected chi connectivity index (χ4v) is 3.34. The highest BCUT2D eigenvalue weighted by Crippen LogP contribution is 2.32. The molecule has 4 nitrogen and oxygen atoms in total. The summed E-state index contributed by atoms with van der Waals surface area (Å²) in [5, 5.41) is 10.4. The molecule has 1 aliphatic rings. The summed E-state index contributed by atoms with van der Waals surface area (Å²) in [4.78, 5) is 0. The third-order valence-corrected chi connectivity index (χ3v) is 5.21. The summed E-state index contributed by atoms with van der Waals surface area (Å²) in [6.45, 7) is 5.72. The van der Waals surface area contributed by atoms with E-state index in [4.69, 9.17) is 14.2 Å². The van der Waals surface area contributed by atoms with E-state index >= 15 is 0 Å². The van der Waals surface area contributed by atoms with Crippen LogP contribution in [-0.2, 0) is 27.4 Å². The Hall–Kier alpha value is -1.72. The van der Waals surface area contributed by atoms with Crippen molar-refractivity contribution in [1.82, 2.24) is 0 Å². The van der Waals surface area contributed by atoms with E-state index in [2.05, 4.69) is 13.8 Å². The predicted octanol–water partition coefficient (Wildman–Crippen LogP) is 3.78. The quantitative estimate of drug-likeness (QED) is 0.820. The minimum Gasteiger partial charge on any atom is -0.374 e. The number of aliphatic hydroxyl groups excluding tert-OH is 1. The van der Waals surface area contributed by atoms with E-state index in [0.29, 0.717) is 19.8 Å². The van der Waals surface area contributed by atoms with Gasteiger partial charge in [0.1, 0.15) is 6.10 Å². The maximum absolute atomic E-state index is 10.4. The number of benzene rings is 2. The van der Waals surface area contributed by atoms with Gasteiger partial charge in [-0.15, -0.1) is 0 Å². The van der Waals surface area contributed by atoms with Crippen molar-refractivity contribution in [3.05, 3.63) is 71.8 Å². The Morgan fingerprint density at radius 3 is 2.04 bits per heavy atom. The summed E-state index contributed by atoms with van der Waals surface area (Å²) >= 11 is 0. The highest BCUT2D eigenvalue weighted by molar-refractivity contribution is 5.14. The van der Waals surface area contributed by atoms with Gasteiger partial charge in [-0.2, -0.15) is 0 Å². The second kappa shape index (κ2) is 9.28. The summed E-state index contributed by atoms with van der Waals surface area (Å²) in [6.07, 6.45) is -1.41. The molecule has 26 heavy (non-hydrogen) atoms. The van der Waals surface area contributed by atoms with Crippen molar-refractivity contribution < 1.29 is 19.3 Å². The Labute approximate surface area is 155 Å². The highest BCUT2D eigenvalue weighted by atomic mass is 16.6. The molecule has 2 aromatic rings. The van der Waals surface area contributed by atoms with Gasteiger partial charge in [0.15, 0.2) is 6.29 Å². The van der Waals surface area contributed by atoms with Crippen LogP contribution >= 0.6 is 0 Å². The van der Waals surface area contributed by atoms with Gasteiger partial charge in [0.05, 0.1) is 25.9 Å². The fraction of sp³-hybridized carbons (Fsp3) is 0.455. The van der Waals surface area contributed by atoms with Crippen LogP contribution in [0.3, 0.4) is 0 Å². The van der Waals surface area contributed by atoms with E-state index in [1.807, 2.05) is 60.7 Å². The lowest BCUT2D eigenvalue weighted by Crippen LogP contribution is -2.51. The van der Waals surface area contributed by atoms with Gasteiger partial charge in [-0.1, -0.05) is 74.5 Å². The van der Waals surface area contributed by atoms with Gasteiger partial charge in [0, 0.05) is 0 Å². The fourth-order valence-electron chi connectivity index (χ4n) is 3.34. The van der Waals surface area contributed by atoms with Crippen molar-refractivity contribution in [3.8, 4) is 0 Å². The molecule has 0 bridgehead atoms. The standard InChI is InChI=1S/C22H28O4/c1-16-17(2)21(25-14-19-11-7-4-8-12-19)22(23)26-20(16)15-24-13-18-9-5-3-6-10-18/h3-12,16-17,20-23H,13-15H2,1-2H3/t16-,17-,20+,21+,22-/m0/s1. The van der Waals surface area contributed by atoms with Crippen molar-refractivity contribution in [3.63, 3.8) is 0 Å². The molecule has 2 aromatic carbocycles. The Morgan fingerprint density at radius 1 is 0.846 bits per heavy atom. The molecule has 5 atom stereocenters. The minimum absolute atomic E-state index is 0.139. The zero-order chi connectivity index (χ0) is 18.4. The minimum atomic E-state index is -0.935. The molecule has 1 heterocycles. The van der Waals surface area contributed by atoms with E-state index in [0.717, 1.165) is 11.1 Å². The Kier molecular flexibility index (Phi) is 6.80. The van der Waals surface area contributed by atoms with Crippen LogP contribution in [0.1, 0.15) is 25.0 Å². The first-order valence-electron chi connectivity index (χ1n) is 9.26. The average molecular weight is 356 g/mol. The molecule has 0 radical (unpaired) electrons. The van der Waals surface area contributed by atoms with Gasteiger partial charge in [-0.25, -0.2) is 0 Å². The Morgan fingerprint density at radius 2 is 1.42 bits per heavy atom. The maximum Gasteiger partial charge on any atom is 0.181 e. The van der Waals surface area contributed by atoms with Gasteiger partial charge in [0.2, 0.25) is 0 Å². The lowest BCUT2D eigenvalue weighted by Gasteiger charge is -2.42. The predicted molar refractivity (Wildman–Crippen MR) is 100 cm³/mol. The van der Waals surface area contributed by atoms with Gasteiger partial charge in [-0.3, -0.25) is 0 Å². The van der Waals surface area contributed by atoms with Gasteiger partial charge < -0.3 is 19.3 Å². The van der Waals surface area contributed by atoms with Crippen LogP contribution in [0, 0.1) is 11.8 Å². The van der Waals surface area contributed by atoms with Crippen molar-refractivity contribution >= 4 is 0 Å². The lowest BCUT2D eigenvalue weighted by atomic mass is 9.83. The molecule has 3 rings (SSSR count). The number of aliphatic hydroxyl groups is 1. The molecule has 140 valence electrons. The van der Waals surface area contributed by atoms with E-state index < -0.39 is 6.29 Å². The number of hydrogen-bond donors (Lipinski definition) is 1. The van der Waals surface area contributed by atoms with E-state index in [1.165, 1.54) is 0 Å². The van der Waals surface area contributed by atoms with Crippen molar-refractivity contribution in [2.45, 2.75) is 45.6 Å². The topological polar surface area (TPSA) is 47.9 Å². The van der Waals surface area contributed by atoms with Crippen LogP contribution < -0.4 is 0 Å². The number of rotatable bonds is 7. The van der Waals surface area contributed by atoms with Crippen LogP contribution in [-0.4, -0.2) is 30.2 Å². The van der Waals surface area contributed by atoms with E-state index in [1.54, 1.807) is 0 Å². The smallest absolute Gasteiger partial charge is 0.181 e. The van der Waals surface area contributed by atoms with Crippen LogP contribution in [0.2, 0.25) is 0 Å². The first kappa shape index (κ1) is 19.1. The normalized spacial score (nSPS) is 28.8. The summed E-state index contributed by atoms with van der Waals surface area (Å²) < 4.78 is 17.6. The molecular formula is C22H28O4.